The summed E-state index contributed by atoms with van der Waals surface area (Å²) in [7, 11) is 2.52. The number of methoxy groups -OCH3 is 2. The molecule has 0 aromatic rings. The predicted octanol–water partition coefficient (Wildman–Crippen LogP) is 0.280. The van der Waals surface area contributed by atoms with Gasteiger partial charge in [-0.3, -0.25) is 19.3 Å². The first-order valence-electron chi connectivity index (χ1n) is 6.90. The number of hydrogen-bond acceptors (Lipinski definition) is 6. The average Bonchev–Trinajstić information content (AvgIpc) is 2.36. The zero-order chi connectivity index (χ0) is 16.6. The third kappa shape index (κ3) is 7.08. The lowest BCUT2D eigenvalue weighted by atomic mass is 10.2. The van der Waals surface area contributed by atoms with E-state index in [1.165, 1.54) is 19.1 Å². The van der Waals surface area contributed by atoms with Crippen molar-refractivity contribution >= 4 is 17.8 Å². The van der Waals surface area contributed by atoms with Crippen LogP contribution in [0.2, 0.25) is 0 Å². The molecule has 0 fully saturated rings. The molecule has 0 saturated carbocycles. The van der Waals surface area contributed by atoms with E-state index in [0.717, 1.165) is 0 Å². The molecule has 21 heavy (non-hydrogen) atoms. The Kier molecular flexibility index (Phi) is 8.61. The molecule has 0 aliphatic rings. The Labute approximate surface area is 126 Å². The lowest BCUT2D eigenvalue weighted by Gasteiger charge is -2.32. The number of carbonyl (C=O) groups excluding carboxylic acids is 3. The number of carbonyl (C=O) groups is 3. The third-order valence-electron chi connectivity index (χ3n) is 2.92. The van der Waals surface area contributed by atoms with Gasteiger partial charge >= 0.3 is 11.9 Å². The van der Waals surface area contributed by atoms with Crippen molar-refractivity contribution in [3.63, 3.8) is 0 Å². The molecule has 0 unspecified atom stereocenters. The van der Waals surface area contributed by atoms with Crippen molar-refractivity contribution in [1.29, 1.82) is 0 Å². The molecular weight excluding hydrogens is 276 g/mol. The molecule has 0 aromatic carbocycles. The first-order valence-corrected chi connectivity index (χ1v) is 6.90. The van der Waals surface area contributed by atoms with Crippen molar-refractivity contribution in [1.82, 2.24) is 9.80 Å². The van der Waals surface area contributed by atoms with Crippen LogP contribution in [0.25, 0.3) is 0 Å². The van der Waals surface area contributed by atoms with E-state index in [-0.39, 0.29) is 37.6 Å². The summed E-state index contributed by atoms with van der Waals surface area (Å²) in [6.07, 6.45) is 0. The Morgan fingerprint density at radius 2 is 1.19 bits per heavy atom. The summed E-state index contributed by atoms with van der Waals surface area (Å²) in [5.41, 5.74) is 0. The highest BCUT2D eigenvalue weighted by Gasteiger charge is 2.24. The SMILES string of the molecule is COC(=O)CN(CC(=O)OC)CC(=O)N(C(C)C)C(C)C. The van der Waals surface area contributed by atoms with Crippen LogP contribution in [0, 0.1) is 0 Å². The normalized spacial score (nSPS) is 10.9. The highest BCUT2D eigenvalue weighted by Crippen LogP contribution is 2.07. The minimum Gasteiger partial charge on any atom is -0.468 e. The molecule has 0 saturated heterocycles. The Hall–Kier alpha value is -1.63. The number of rotatable bonds is 8. The maximum Gasteiger partial charge on any atom is 0.319 e. The van der Waals surface area contributed by atoms with Gasteiger partial charge in [-0.2, -0.15) is 0 Å². The molecular formula is C14H26N2O5. The second-order valence-corrected chi connectivity index (χ2v) is 5.29. The smallest absolute Gasteiger partial charge is 0.319 e. The van der Waals surface area contributed by atoms with Gasteiger partial charge in [0.1, 0.15) is 0 Å². The van der Waals surface area contributed by atoms with Crippen molar-refractivity contribution in [2.45, 2.75) is 39.8 Å². The quantitative estimate of drug-likeness (QED) is 0.599. The number of amides is 1. The summed E-state index contributed by atoms with van der Waals surface area (Å²) >= 11 is 0. The summed E-state index contributed by atoms with van der Waals surface area (Å²) in [6.45, 7) is 7.36. The first-order chi connectivity index (χ1) is 9.72. The fourth-order valence-electron chi connectivity index (χ4n) is 2.11. The van der Waals surface area contributed by atoms with E-state index in [9.17, 15) is 14.4 Å². The Bertz CT molecular complexity index is 342. The molecule has 7 heteroatoms. The number of ether oxygens (including phenoxy) is 2. The fourth-order valence-corrected chi connectivity index (χ4v) is 2.11. The van der Waals surface area contributed by atoms with Crippen LogP contribution in [0.3, 0.4) is 0 Å². The lowest BCUT2D eigenvalue weighted by Crippen LogP contribution is -2.49. The molecule has 0 rings (SSSR count). The molecule has 7 nitrogen and oxygen atoms in total. The van der Waals surface area contributed by atoms with E-state index >= 15 is 0 Å². The maximum atomic E-state index is 12.4. The topological polar surface area (TPSA) is 76.1 Å². The molecule has 0 bridgehead atoms. The van der Waals surface area contributed by atoms with E-state index in [0.29, 0.717) is 0 Å². The number of nitrogens with zero attached hydrogens (tertiary/aromatic N) is 2. The minimum atomic E-state index is -0.507. The zero-order valence-electron chi connectivity index (χ0n) is 13.7. The standard InChI is InChI=1S/C14H26N2O5/c1-10(2)16(11(3)4)12(17)7-15(8-13(18)20-5)9-14(19)21-6/h10-11H,7-9H2,1-6H3. The van der Waals surface area contributed by atoms with Crippen LogP contribution in [-0.2, 0) is 23.9 Å². The van der Waals surface area contributed by atoms with Gasteiger partial charge < -0.3 is 14.4 Å². The summed E-state index contributed by atoms with van der Waals surface area (Å²) in [5.74, 6) is -1.16. The van der Waals surface area contributed by atoms with E-state index in [1.54, 1.807) is 4.90 Å². The van der Waals surface area contributed by atoms with Gasteiger partial charge in [-0.15, -0.1) is 0 Å². The first kappa shape index (κ1) is 19.4. The largest absolute Gasteiger partial charge is 0.468 e. The predicted molar refractivity (Wildman–Crippen MR) is 77.6 cm³/mol. The van der Waals surface area contributed by atoms with Crippen LogP contribution in [-0.4, -0.2) is 73.6 Å². The van der Waals surface area contributed by atoms with Gasteiger partial charge in [0.2, 0.25) is 5.91 Å². The highest BCUT2D eigenvalue weighted by molar-refractivity contribution is 5.81. The molecule has 0 radical (unpaired) electrons. The highest BCUT2D eigenvalue weighted by atomic mass is 16.5. The van der Waals surface area contributed by atoms with E-state index in [1.807, 2.05) is 27.7 Å². The summed E-state index contributed by atoms with van der Waals surface area (Å²) in [6, 6.07) is 0.0752. The van der Waals surface area contributed by atoms with Gasteiger partial charge in [-0.05, 0) is 27.7 Å². The molecule has 0 aliphatic heterocycles. The van der Waals surface area contributed by atoms with Crippen LogP contribution in [0.5, 0.6) is 0 Å². The minimum absolute atomic E-state index is 0.0376. The van der Waals surface area contributed by atoms with E-state index < -0.39 is 11.9 Å². The van der Waals surface area contributed by atoms with Crippen LogP contribution in [0.1, 0.15) is 27.7 Å². The molecule has 0 heterocycles. The zero-order valence-corrected chi connectivity index (χ0v) is 13.7. The van der Waals surface area contributed by atoms with E-state index in [4.69, 9.17) is 0 Å². The molecule has 0 spiro atoms. The van der Waals surface area contributed by atoms with Gasteiger partial charge in [0.15, 0.2) is 0 Å². The van der Waals surface area contributed by atoms with Crippen molar-refractivity contribution in [3.05, 3.63) is 0 Å². The van der Waals surface area contributed by atoms with Gasteiger partial charge in [-0.25, -0.2) is 0 Å². The van der Waals surface area contributed by atoms with Crippen LogP contribution in [0.15, 0.2) is 0 Å². The maximum absolute atomic E-state index is 12.4. The molecule has 122 valence electrons. The summed E-state index contributed by atoms with van der Waals surface area (Å²) in [5, 5.41) is 0. The Morgan fingerprint density at radius 1 is 0.810 bits per heavy atom. The van der Waals surface area contributed by atoms with Crippen LogP contribution >= 0.6 is 0 Å². The second-order valence-electron chi connectivity index (χ2n) is 5.29. The average molecular weight is 302 g/mol. The van der Waals surface area contributed by atoms with Gasteiger partial charge in [0.25, 0.3) is 0 Å². The van der Waals surface area contributed by atoms with Gasteiger partial charge in [-0.1, -0.05) is 0 Å². The monoisotopic (exact) mass is 302 g/mol. The Balaban J connectivity index is 4.88. The second kappa shape index (κ2) is 9.33. The third-order valence-corrected chi connectivity index (χ3v) is 2.92. The van der Waals surface area contributed by atoms with Crippen molar-refractivity contribution in [3.8, 4) is 0 Å². The summed E-state index contributed by atoms with van der Waals surface area (Å²) in [4.78, 5) is 38.2. The number of esters is 2. The van der Waals surface area contributed by atoms with Gasteiger partial charge in [0.05, 0.1) is 33.9 Å². The molecule has 0 atom stereocenters. The van der Waals surface area contributed by atoms with Crippen LogP contribution in [0.4, 0.5) is 0 Å². The summed E-state index contributed by atoms with van der Waals surface area (Å²) < 4.78 is 9.15. The van der Waals surface area contributed by atoms with Crippen LogP contribution < -0.4 is 0 Å². The molecule has 1 amide bonds. The molecule has 0 N–H and O–H groups in total. The molecule has 0 aromatic heterocycles. The Morgan fingerprint density at radius 3 is 1.48 bits per heavy atom. The van der Waals surface area contributed by atoms with Crippen molar-refractivity contribution in [2.75, 3.05) is 33.9 Å². The van der Waals surface area contributed by atoms with Crippen molar-refractivity contribution < 1.29 is 23.9 Å². The van der Waals surface area contributed by atoms with Crippen molar-refractivity contribution in [2.24, 2.45) is 0 Å². The fraction of sp³-hybridized carbons (Fsp3) is 0.786. The molecule has 0 aliphatic carbocycles. The van der Waals surface area contributed by atoms with Gasteiger partial charge in [0, 0.05) is 12.1 Å². The lowest BCUT2D eigenvalue weighted by molar-refractivity contribution is -0.147. The van der Waals surface area contributed by atoms with E-state index in [2.05, 4.69) is 9.47 Å². The number of hydrogen-bond donors (Lipinski definition) is 0.